The molecule has 0 bridgehead atoms. The van der Waals surface area contributed by atoms with Crippen LogP contribution in [0.4, 0.5) is 10.1 Å². The Kier molecular flexibility index (Phi) is 3.59. The highest BCUT2D eigenvalue weighted by Crippen LogP contribution is 2.17. The maximum absolute atomic E-state index is 13.6. The Hall–Kier alpha value is -1.86. The fourth-order valence-electron chi connectivity index (χ4n) is 1.56. The smallest absolute Gasteiger partial charge is 0.243 e. The van der Waals surface area contributed by atoms with E-state index < -0.39 is 20.7 Å². The average molecular weight is 284 g/mol. The number of rotatable bonds is 4. The van der Waals surface area contributed by atoms with Crippen molar-refractivity contribution in [3.63, 3.8) is 0 Å². The molecule has 0 atom stereocenters. The van der Waals surface area contributed by atoms with E-state index in [4.69, 9.17) is 10.2 Å². The summed E-state index contributed by atoms with van der Waals surface area (Å²) in [6.07, 6.45) is 0. The summed E-state index contributed by atoms with van der Waals surface area (Å²) in [5.74, 6) is 0.243. The lowest BCUT2D eigenvalue weighted by Crippen LogP contribution is -2.24. The molecule has 19 heavy (non-hydrogen) atoms. The van der Waals surface area contributed by atoms with E-state index in [1.54, 1.807) is 19.1 Å². The lowest BCUT2D eigenvalue weighted by molar-refractivity contribution is 0.474. The van der Waals surface area contributed by atoms with E-state index in [1.165, 1.54) is 6.07 Å². The Labute approximate surface area is 110 Å². The van der Waals surface area contributed by atoms with Crippen molar-refractivity contribution >= 4 is 15.7 Å². The van der Waals surface area contributed by atoms with Crippen LogP contribution in [0, 0.1) is 12.7 Å². The molecule has 1 aromatic heterocycles. The van der Waals surface area contributed by atoms with Gasteiger partial charge in [0.05, 0.1) is 6.54 Å². The van der Waals surface area contributed by atoms with Crippen molar-refractivity contribution in [3.8, 4) is 0 Å². The molecule has 102 valence electrons. The molecular weight excluding hydrogens is 271 g/mol. The van der Waals surface area contributed by atoms with E-state index in [-0.39, 0.29) is 12.2 Å². The second-order valence-corrected chi connectivity index (χ2v) is 5.76. The van der Waals surface area contributed by atoms with Crippen LogP contribution in [0.25, 0.3) is 0 Å². The molecule has 1 heterocycles. The van der Waals surface area contributed by atoms with Gasteiger partial charge in [0.15, 0.2) is 0 Å². The van der Waals surface area contributed by atoms with Crippen molar-refractivity contribution in [3.05, 3.63) is 47.7 Å². The first-order valence-corrected chi connectivity index (χ1v) is 6.97. The zero-order valence-electron chi connectivity index (χ0n) is 10.2. The first kappa shape index (κ1) is 13.6. The van der Waals surface area contributed by atoms with E-state index in [9.17, 15) is 12.8 Å². The molecule has 0 spiro atoms. The number of hydrogen-bond donors (Lipinski definition) is 2. The molecule has 0 aliphatic rings. The van der Waals surface area contributed by atoms with Gasteiger partial charge >= 0.3 is 0 Å². The molecule has 7 heteroatoms. The van der Waals surface area contributed by atoms with Crippen LogP contribution in [0.5, 0.6) is 0 Å². The minimum atomic E-state index is -3.94. The van der Waals surface area contributed by atoms with E-state index in [0.717, 1.165) is 12.1 Å². The number of anilines is 1. The monoisotopic (exact) mass is 284 g/mol. The van der Waals surface area contributed by atoms with Crippen molar-refractivity contribution < 1.29 is 17.2 Å². The van der Waals surface area contributed by atoms with Gasteiger partial charge in [-0.25, -0.2) is 17.5 Å². The molecule has 2 rings (SSSR count). The van der Waals surface area contributed by atoms with Crippen LogP contribution in [0.2, 0.25) is 0 Å². The van der Waals surface area contributed by atoms with Gasteiger partial charge in [-0.05, 0) is 37.3 Å². The SMILES string of the molecule is Cc1ccc(CNS(=O)(=O)c2ccc(N)cc2F)o1. The van der Waals surface area contributed by atoms with Crippen molar-refractivity contribution in [2.24, 2.45) is 0 Å². The van der Waals surface area contributed by atoms with Gasteiger partial charge in [-0.2, -0.15) is 0 Å². The molecule has 0 amide bonds. The fraction of sp³-hybridized carbons (Fsp3) is 0.167. The number of nitrogen functional groups attached to an aromatic ring is 1. The van der Waals surface area contributed by atoms with Gasteiger partial charge in [0, 0.05) is 5.69 Å². The first-order valence-electron chi connectivity index (χ1n) is 5.48. The first-order chi connectivity index (χ1) is 8.88. The third kappa shape index (κ3) is 3.12. The fourth-order valence-corrected chi connectivity index (χ4v) is 2.61. The van der Waals surface area contributed by atoms with Gasteiger partial charge in [0.2, 0.25) is 10.0 Å². The minimum Gasteiger partial charge on any atom is -0.465 e. The van der Waals surface area contributed by atoms with Crippen LogP contribution in [0.1, 0.15) is 11.5 Å². The summed E-state index contributed by atoms with van der Waals surface area (Å²) < 4.78 is 44.9. The largest absolute Gasteiger partial charge is 0.465 e. The Balaban J connectivity index is 2.18. The summed E-state index contributed by atoms with van der Waals surface area (Å²) in [4.78, 5) is -0.440. The topological polar surface area (TPSA) is 85.3 Å². The highest BCUT2D eigenvalue weighted by Gasteiger charge is 2.19. The van der Waals surface area contributed by atoms with Crippen LogP contribution in [0.15, 0.2) is 39.6 Å². The van der Waals surface area contributed by atoms with Crippen LogP contribution < -0.4 is 10.5 Å². The summed E-state index contributed by atoms with van der Waals surface area (Å²) in [7, 11) is -3.94. The van der Waals surface area contributed by atoms with Crippen LogP contribution in [0.3, 0.4) is 0 Å². The number of furan rings is 1. The number of benzene rings is 1. The zero-order chi connectivity index (χ0) is 14.0. The molecule has 5 nitrogen and oxygen atoms in total. The highest BCUT2D eigenvalue weighted by atomic mass is 32.2. The molecule has 0 aliphatic carbocycles. The standard InChI is InChI=1S/C12H13FN2O3S/c1-8-2-4-10(18-8)7-15-19(16,17)12-5-3-9(14)6-11(12)13/h2-6,15H,7,14H2,1H3. The molecule has 0 radical (unpaired) electrons. The van der Waals surface area contributed by atoms with E-state index in [2.05, 4.69) is 4.72 Å². The van der Waals surface area contributed by atoms with Crippen molar-refractivity contribution in [1.82, 2.24) is 4.72 Å². The number of hydrogen-bond acceptors (Lipinski definition) is 4. The molecule has 1 aromatic carbocycles. The second-order valence-electron chi connectivity index (χ2n) is 4.03. The molecule has 0 fully saturated rings. The van der Waals surface area contributed by atoms with Gasteiger partial charge in [-0.15, -0.1) is 0 Å². The lowest BCUT2D eigenvalue weighted by atomic mass is 10.3. The van der Waals surface area contributed by atoms with Gasteiger partial charge in [0.1, 0.15) is 22.2 Å². The minimum absolute atomic E-state index is 0.0417. The Bertz CT molecular complexity index is 695. The summed E-state index contributed by atoms with van der Waals surface area (Å²) in [6, 6.07) is 6.78. The summed E-state index contributed by atoms with van der Waals surface area (Å²) in [6.45, 7) is 1.71. The van der Waals surface area contributed by atoms with Crippen molar-refractivity contribution in [2.45, 2.75) is 18.4 Å². The maximum atomic E-state index is 13.6. The maximum Gasteiger partial charge on any atom is 0.243 e. The highest BCUT2D eigenvalue weighted by molar-refractivity contribution is 7.89. The van der Waals surface area contributed by atoms with Crippen LogP contribution in [-0.2, 0) is 16.6 Å². The average Bonchev–Trinajstić information content (AvgIpc) is 2.72. The van der Waals surface area contributed by atoms with Crippen molar-refractivity contribution in [2.75, 3.05) is 5.73 Å². The predicted molar refractivity (Wildman–Crippen MR) is 68.3 cm³/mol. The molecule has 0 saturated heterocycles. The molecule has 3 N–H and O–H groups in total. The van der Waals surface area contributed by atoms with E-state index in [1.807, 2.05) is 0 Å². The summed E-state index contributed by atoms with van der Waals surface area (Å²) in [5.41, 5.74) is 5.53. The van der Waals surface area contributed by atoms with Gasteiger partial charge in [0.25, 0.3) is 0 Å². The summed E-state index contributed by atoms with van der Waals surface area (Å²) in [5, 5.41) is 0. The number of nitrogens with one attached hydrogen (secondary N) is 1. The number of aryl methyl sites for hydroxylation is 1. The Morgan fingerprint density at radius 3 is 2.63 bits per heavy atom. The lowest BCUT2D eigenvalue weighted by Gasteiger charge is -2.07. The van der Waals surface area contributed by atoms with Crippen molar-refractivity contribution in [1.29, 1.82) is 0 Å². The third-order valence-corrected chi connectivity index (χ3v) is 3.91. The van der Waals surface area contributed by atoms with E-state index in [0.29, 0.717) is 11.5 Å². The molecule has 2 aromatic rings. The van der Waals surface area contributed by atoms with Gasteiger partial charge in [-0.3, -0.25) is 0 Å². The second kappa shape index (κ2) is 5.02. The Morgan fingerprint density at radius 2 is 2.05 bits per heavy atom. The summed E-state index contributed by atoms with van der Waals surface area (Å²) >= 11 is 0. The normalized spacial score (nSPS) is 11.7. The van der Waals surface area contributed by atoms with E-state index >= 15 is 0 Å². The Morgan fingerprint density at radius 1 is 1.32 bits per heavy atom. The predicted octanol–water partition coefficient (Wildman–Crippen LogP) is 1.79. The van der Waals surface area contributed by atoms with Gasteiger partial charge < -0.3 is 10.2 Å². The van der Waals surface area contributed by atoms with Crippen LogP contribution in [-0.4, -0.2) is 8.42 Å². The molecule has 0 saturated carbocycles. The quantitative estimate of drug-likeness (QED) is 0.838. The number of nitrogens with two attached hydrogens (primary N) is 1. The third-order valence-electron chi connectivity index (χ3n) is 2.48. The number of halogens is 1. The van der Waals surface area contributed by atoms with Crippen LogP contribution >= 0.6 is 0 Å². The molecular formula is C12H13FN2O3S. The number of sulfonamides is 1. The zero-order valence-corrected chi connectivity index (χ0v) is 11.0. The van der Waals surface area contributed by atoms with Gasteiger partial charge in [-0.1, -0.05) is 0 Å². The molecule has 0 aliphatic heterocycles. The molecule has 0 unspecified atom stereocenters.